The Bertz CT molecular complexity index is 418. The topological polar surface area (TPSA) is 26.7 Å². The molecule has 2 aliphatic rings. The molecule has 1 N–H and O–H groups in total. The van der Waals surface area contributed by atoms with Crippen LogP contribution in [0.15, 0.2) is 30.3 Å². The quantitative estimate of drug-likeness (QED) is 0.834. The number of likely N-dealkylation sites (tertiary alicyclic amines) is 1. The first-order chi connectivity index (χ1) is 10.3. The number of aliphatic hydroxyl groups is 1. The van der Waals surface area contributed by atoms with E-state index in [0.29, 0.717) is 6.61 Å². The summed E-state index contributed by atoms with van der Waals surface area (Å²) >= 11 is 0. The lowest BCUT2D eigenvalue weighted by Crippen LogP contribution is -2.42. The molecule has 3 nitrogen and oxygen atoms in total. The van der Waals surface area contributed by atoms with Crippen LogP contribution in [0.25, 0.3) is 0 Å². The molecule has 1 aliphatic heterocycles. The third-order valence-electron chi connectivity index (χ3n) is 4.80. The molecular weight excluding hydrogens is 260 g/mol. The molecule has 1 aromatic rings. The number of piperidine rings is 1. The van der Waals surface area contributed by atoms with Crippen molar-refractivity contribution in [2.24, 2.45) is 5.92 Å². The zero-order chi connectivity index (χ0) is 14.5. The van der Waals surface area contributed by atoms with Crippen molar-refractivity contribution in [2.75, 3.05) is 32.8 Å². The fraction of sp³-hybridized carbons (Fsp3) is 0.667. The molecule has 3 heteroatoms. The summed E-state index contributed by atoms with van der Waals surface area (Å²) in [5, 5.41) is 9.24. The highest BCUT2D eigenvalue weighted by Crippen LogP contribution is 2.29. The van der Waals surface area contributed by atoms with Gasteiger partial charge in [-0.1, -0.05) is 30.3 Å². The molecular formula is C18H28N2O. The Morgan fingerprint density at radius 2 is 1.95 bits per heavy atom. The van der Waals surface area contributed by atoms with E-state index in [1.165, 1.54) is 50.9 Å². The molecule has 0 unspecified atom stereocenters. The van der Waals surface area contributed by atoms with Gasteiger partial charge in [0.25, 0.3) is 0 Å². The SMILES string of the molecule is OCCN(C[C@H]1CCCN(Cc2ccccc2)C1)C1CC1. The van der Waals surface area contributed by atoms with Gasteiger partial charge in [0.2, 0.25) is 0 Å². The first kappa shape index (κ1) is 15.0. The standard InChI is InChI=1S/C18H28N2O/c21-12-11-20(18-8-9-18)15-17-7-4-10-19(14-17)13-16-5-2-1-3-6-16/h1-3,5-6,17-18,21H,4,7-15H2/t17-/m0/s1. The Hall–Kier alpha value is -0.900. The van der Waals surface area contributed by atoms with Crippen LogP contribution < -0.4 is 0 Å². The van der Waals surface area contributed by atoms with Crippen LogP contribution in [-0.4, -0.2) is 53.7 Å². The van der Waals surface area contributed by atoms with Crippen LogP contribution in [0.2, 0.25) is 0 Å². The normalized spacial score (nSPS) is 23.6. The largest absolute Gasteiger partial charge is 0.395 e. The molecule has 1 aliphatic carbocycles. The molecule has 21 heavy (non-hydrogen) atoms. The number of rotatable bonds is 7. The van der Waals surface area contributed by atoms with Crippen molar-refractivity contribution < 1.29 is 5.11 Å². The first-order valence-electron chi connectivity index (χ1n) is 8.46. The molecule has 0 amide bonds. The Morgan fingerprint density at radius 1 is 1.14 bits per heavy atom. The minimum Gasteiger partial charge on any atom is -0.395 e. The lowest BCUT2D eigenvalue weighted by Gasteiger charge is -2.35. The van der Waals surface area contributed by atoms with Crippen LogP contribution in [0, 0.1) is 5.92 Å². The van der Waals surface area contributed by atoms with E-state index < -0.39 is 0 Å². The monoisotopic (exact) mass is 288 g/mol. The van der Waals surface area contributed by atoms with Crippen LogP contribution in [0.4, 0.5) is 0 Å². The first-order valence-corrected chi connectivity index (χ1v) is 8.46. The van der Waals surface area contributed by atoms with Gasteiger partial charge in [0.05, 0.1) is 6.61 Å². The van der Waals surface area contributed by atoms with Gasteiger partial charge in [-0.05, 0) is 43.7 Å². The number of nitrogens with zero attached hydrogens (tertiary/aromatic N) is 2. The van der Waals surface area contributed by atoms with Crippen molar-refractivity contribution in [3.05, 3.63) is 35.9 Å². The summed E-state index contributed by atoms with van der Waals surface area (Å²) in [6, 6.07) is 11.6. The predicted molar refractivity (Wildman–Crippen MR) is 86.1 cm³/mol. The maximum absolute atomic E-state index is 9.24. The van der Waals surface area contributed by atoms with Crippen molar-refractivity contribution in [1.82, 2.24) is 9.80 Å². The Kier molecular flexibility index (Phi) is 5.28. The molecule has 116 valence electrons. The highest BCUT2D eigenvalue weighted by atomic mass is 16.3. The summed E-state index contributed by atoms with van der Waals surface area (Å²) in [6.45, 7) is 5.87. The van der Waals surface area contributed by atoms with E-state index in [4.69, 9.17) is 0 Å². The second kappa shape index (κ2) is 7.39. The van der Waals surface area contributed by atoms with Gasteiger partial charge in [-0.25, -0.2) is 0 Å². The zero-order valence-electron chi connectivity index (χ0n) is 13.0. The molecule has 0 spiro atoms. The average Bonchev–Trinajstić information content (AvgIpc) is 3.33. The molecule has 3 rings (SSSR count). The van der Waals surface area contributed by atoms with Gasteiger partial charge in [-0.2, -0.15) is 0 Å². The summed E-state index contributed by atoms with van der Waals surface area (Å²) in [4.78, 5) is 5.13. The molecule has 0 bridgehead atoms. The van der Waals surface area contributed by atoms with E-state index >= 15 is 0 Å². The van der Waals surface area contributed by atoms with E-state index in [0.717, 1.165) is 25.0 Å². The predicted octanol–water partition coefficient (Wildman–Crippen LogP) is 2.36. The summed E-state index contributed by atoms with van der Waals surface area (Å²) < 4.78 is 0. The van der Waals surface area contributed by atoms with E-state index in [-0.39, 0.29) is 0 Å². The Morgan fingerprint density at radius 3 is 2.67 bits per heavy atom. The highest BCUT2D eigenvalue weighted by Gasteiger charge is 2.31. The second-order valence-electron chi connectivity index (χ2n) is 6.68. The van der Waals surface area contributed by atoms with Gasteiger partial charge in [-0.3, -0.25) is 9.80 Å². The number of hydrogen-bond acceptors (Lipinski definition) is 3. The molecule has 2 fully saturated rings. The molecule has 1 atom stereocenters. The summed E-state index contributed by atoms with van der Waals surface area (Å²) in [6.07, 6.45) is 5.33. The van der Waals surface area contributed by atoms with Crippen molar-refractivity contribution in [2.45, 2.75) is 38.3 Å². The lowest BCUT2D eigenvalue weighted by molar-refractivity contribution is 0.111. The number of benzene rings is 1. The third kappa shape index (κ3) is 4.53. The van der Waals surface area contributed by atoms with E-state index in [9.17, 15) is 5.11 Å². The number of aliphatic hydroxyl groups excluding tert-OH is 1. The zero-order valence-corrected chi connectivity index (χ0v) is 13.0. The van der Waals surface area contributed by atoms with Crippen molar-refractivity contribution in [3.8, 4) is 0 Å². The van der Waals surface area contributed by atoms with Crippen molar-refractivity contribution >= 4 is 0 Å². The second-order valence-corrected chi connectivity index (χ2v) is 6.68. The van der Waals surface area contributed by atoms with Crippen LogP contribution in [-0.2, 0) is 6.54 Å². The van der Waals surface area contributed by atoms with Gasteiger partial charge in [-0.15, -0.1) is 0 Å². The van der Waals surface area contributed by atoms with E-state index in [1.54, 1.807) is 0 Å². The fourth-order valence-electron chi connectivity index (χ4n) is 3.61. The molecule has 1 aromatic carbocycles. The van der Waals surface area contributed by atoms with Gasteiger partial charge in [0.1, 0.15) is 0 Å². The van der Waals surface area contributed by atoms with Crippen LogP contribution in [0.1, 0.15) is 31.2 Å². The minimum atomic E-state index is 0.303. The Labute approximate surface area is 128 Å². The third-order valence-corrected chi connectivity index (χ3v) is 4.80. The fourth-order valence-corrected chi connectivity index (χ4v) is 3.61. The van der Waals surface area contributed by atoms with Crippen molar-refractivity contribution in [3.63, 3.8) is 0 Å². The maximum atomic E-state index is 9.24. The van der Waals surface area contributed by atoms with Crippen molar-refractivity contribution in [1.29, 1.82) is 0 Å². The average molecular weight is 288 g/mol. The van der Waals surface area contributed by atoms with Gasteiger partial charge in [0, 0.05) is 32.2 Å². The summed E-state index contributed by atoms with van der Waals surface area (Å²) in [5.74, 6) is 0.773. The maximum Gasteiger partial charge on any atom is 0.0558 e. The smallest absolute Gasteiger partial charge is 0.0558 e. The molecule has 1 saturated heterocycles. The highest BCUT2D eigenvalue weighted by molar-refractivity contribution is 5.14. The van der Waals surface area contributed by atoms with Gasteiger partial charge >= 0.3 is 0 Å². The molecule has 0 radical (unpaired) electrons. The molecule has 1 saturated carbocycles. The Balaban J connectivity index is 1.50. The summed E-state index contributed by atoms with van der Waals surface area (Å²) in [7, 11) is 0. The van der Waals surface area contributed by atoms with Crippen LogP contribution in [0.5, 0.6) is 0 Å². The van der Waals surface area contributed by atoms with Gasteiger partial charge < -0.3 is 5.11 Å². The van der Waals surface area contributed by atoms with Crippen LogP contribution in [0.3, 0.4) is 0 Å². The minimum absolute atomic E-state index is 0.303. The summed E-state index contributed by atoms with van der Waals surface area (Å²) in [5.41, 5.74) is 1.42. The van der Waals surface area contributed by atoms with E-state index in [2.05, 4.69) is 40.1 Å². The van der Waals surface area contributed by atoms with E-state index in [1.807, 2.05) is 0 Å². The molecule has 0 aromatic heterocycles. The van der Waals surface area contributed by atoms with Crippen LogP contribution >= 0.6 is 0 Å². The number of hydrogen-bond donors (Lipinski definition) is 1. The molecule has 1 heterocycles. The lowest BCUT2D eigenvalue weighted by atomic mass is 9.96. The van der Waals surface area contributed by atoms with Gasteiger partial charge in [0.15, 0.2) is 0 Å².